The van der Waals surface area contributed by atoms with Gasteiger partial charge in [0.25, 0.3) is 0 Å². The highest BCUT2D eigenvalue weighted by atomic mass is 16.5. The van der Waals surface area contributed by atoms with Gasteiger partial charge in [-0.05, 0) is 30.4 Å². The summed E-state index contributed by atoms with van der Waals surface area (Å²) in [7, 11) is 1.65. The summed E-state index contributed by atoms with van der Waals surface area (Å²) in [4.78, 5) is 12.2. The van der Waals surface area contributed by atoms with Crippen LogP contribution in [0.2, 0.25) is 0 Å². The van der Waals surface area contributed by atoms with Crippen LogP contribution in [0.3, 0.4) is 0 Å². The maximum atomic E-state index is 12.2. The van der Waals surface area contributed by atoms with Crippen LogP contribution in [0.1, 0.15) is 25.3 Å². The van der Waals surface area contributed by atoms with Gasteiger partial charge in [0.05, 0.1) is 19.8 Å². The van der Waals surface area contributed by atoms with Crippen molar-refractivity contribution in [2.45, 2.75) is 32.2 Å². The second-order valence-corrected chi connectivity index (χ2v) is 6.12. The lowest BCUT2D eigenvalue weighted by molar-refractivity contribution is -0.122. The fourth-order valence-electron chi connectivity index (χ4n) is 2.94. The van der Waals surface area contributed by atoms with E-state index < -0.39 is 6.04 Å². The first kappa shape index (κ1) is 17.3. The molecule has 3 atom stereocenters. The zero-order valence-electron chi connectivity index (χ0n) is 13.7. The van der Waals surface area contributed by atoms with Crippen molar-refractivity contribution in [3.05, 3.63) is 29.8 Å². The summed E-state index contributed by atoms with van der Waals surface area (Å²) in [5.74, 6) is 1.04. The molecular formula is C18H24N2O3. The number of rotatable bonds is 7. The Morgan fingerprint density at radius 1 is 1.52 bits per heavy atom. The number of hydrogen-bond donors (Lipinski definition) is 1. The molecule has 1 heterocycles. The molecule has 5 nitrogen and oxygen atoms in total. The van der Waals surface area contributed by atoms with Gasteiger partial charge in [-0.1, -0.05) is 25.1 Å². The van der Waals surface area contributed by atoms with Crippen LogP contribution < -0.4 is 10.1 Å². The predicted molar refractivity (Wildman–Crippen MR) is 86.9 cm³/mol. The molecule has 0 saturated carbocycles. The van der Waals surface area contributed by atoms with Crippen LogP contribution in [0.25, 0.3) is 0 Å². The molecule has 1 N–H and O–H groups in total. The van der Waals surface area contributed by atoms with Crippen molar-refractivity contribution < 1.29 is 14.3 Å². The fourth-order valence-corrected chi connectivity index (χ4v) is 2.94. The number of nitrogens with one attached hydrogen (secondary N) is 1. The molecule has 0 aliphatic carbocycles. The van der Waals surface area contributed by atoms with Crippen molar-refractivity contribution in [1.29, 1.82) is 5.26 Å². The number of carbonyl (C=O) groups is 1. The third-order valence-electron chi connectivity index (χ3n) is 4.19. The summed E-state index contributed by atoms with van der Waals surface area (Å²) in [5.41, 5.74) is 1.09. The van der Waals surface area contributed by atoms with Gasteiger partial charge in [-0.25, -0.2) is 0 Å². The Morgan fingerprint density at radius 2 is 2.30 bits per heavy atom. The molecule has 1 fully saturated rings. The topological polar surface area (TPSA) is 71.3 Å². The number of nitrogens with zero attached hydrogens (tertiary/aromatic N) is 1. The Balaban J connectivity index is 1.85. The second-order valence-electron chi connectivity index (χ2n) is 6.12. The number of para-hydroxylation sites is 1. The minimum atomic E-state index is -0.455. The van der Waals surface area contributed by atoms with Gasteiger partial charge in [0.2, 0.25) is 5.91 Å². The van der Waals surface area contributed by atoms with Crippen molar-refractivity contribution in [3.63, 3.8) is 0 Å². The standard InChI is InChI=1S/C18H24N2O3/c1-13(9-14-5-3-4-6-17(14)22-2)10-18(21)20-16(11-19)15-7-8-23-12-15/h3-6,13,15-16H,7-10,12H2,1-2H3,(H,20,21). The maximum Gasteiger partial charge on any atom is 0.221 e. The summed E-state index contributed by atoms with van der Waals surface area (Å²) in [6.45, 7) is 3.25. The summed E-state index contributed by atoms with van der Waals surface area (Å²) in [5, 5.41) is 12.1. The molecule has 23 heavy (non-hydrogen) atoms. The van der Waals surface area contributed by atoms with E-state index in [1.54, 1.807) is 7.11 Å². The molecule has 5 heteroatoms. The van der Waals surface area contributed by atoms with E-state index in [0.29, 0.717) is 19.6 Å². The normalized spacial score (nSPS) is 19.6. The van der Waals surface area contributed by atoms with Gasteiger partial charge < -0.3 is 14.8 Å². The van der Waals surface area contributed by atoms with E-state index in [1.165, 1.54) is 0 Å². The van der Waals surface area contributed by atoms with E-state index in [2.05, 4.69) is 11.4 Å². The Morgan fingerprint density at radius 3 is 2.96 bits per heavy atom. The molecule has 1 aliphatic heterocycles. The van der Waals surface area contributed by atoms with Crippen LogP contribution in [0.5, 0.6) is 5.75 Å². The van der Waals surface area contributed by atoms with Crippen molar-refractivity contribution >= 4 is 5.91 Å². The second kappa shape index (κ2) is 8.54. The first-order valence-corrected chi connectivity index (χ1v) is 8.02. The van der Waals surface area contributed by atoms with E-state index >= 15 is 0 Å². The molecule has 1 aliphatic rings. The lowest BCUT2D eigenvalue weighted by atomic mass is 9.96. The number of ether oxygens (including phenoxy) is 2. The quantitative estimate of drug-likeness (QED) is 0.838. The monoisotopic (exact) mass is 316 g/mol. The van der Waals surface area contributed by atoms with Crippen LogP contribution in [-0.2, 0) is 16.0 Å². The Hall–Kier alpha value is -2.06. The largest absolute Gasteiger partial charge is 0.496 e. The zero-order valence-corrected chi connectivity index (χ0v) is 13.7. The minimum Gasteiger partial charge on any atom is -0.496 e. The van der Waals surface area contributed by atoms with E-state index in [-0.39, 0.29) is 17.7 Å². The van der Waals surface area contributed by atoms with E-state index in [4.69, 9.17) is 9.47 Å². The average molecular weight is 316 g/mol. The van der Waals surface area contributed by atoms with E-state index in [9.17, 15) is 10.1 Å². The highest BCUT2D eigenvalue weighted by Crippen LogP contribution is 2.22. The fraction of sp³-hybridized carbons (Fsp3) is 0.556. The van der Waals surface area contributed by atoms with Crippen molar-refractivity contribution in [1.82, 2.24) is 5.32 Å². The predicted octanol–water partition coefficient (Wildman–Crippen LogP) is 2.31. The molecule has 2 rings (SSSR count). The smallest absolute Gasteiger partial charge is 0.221 e. The van der Waals surface area contributed by atoms with Crippen molar-refractivity contribution in [3.8, 4) is 11.8 Å². The number of hydrogen-bond acceptors (Lipinski definition) is 4. The Labute approximate surface area is 137 Å². The highest BCUT2D eigenvalue weighted by molar-refractivity contribution is 5.76. The molecule has 0 bridgehead atoms. The third-order valence-corrected chi connectivity index (χ3v) is 4.19. The van der Waals surface area contributed by atoms with Crippen molar-refractivity contribution in [2.75, 3.05) is 20.3 Å². The molecule has 1 saturated heterocycles. The lowest BCUT2D eigenvalue weighted by Crippen LogP contribution is -2.40. The van der Waals surface area contributed by atoms with Crippen LogP contribution in [0.4, 0.5) is 0 Å². The number of amides is 1. The van der Waals surface area contributed by atoms with Crippen LogP contribution >= 0.6 is 0 Å². The molecule has 0 aromatic heterocycles. The van der Waals surface area contributed by atoms with Gasteiger partial charge in [0.15, 0.2) is 0 Å². The number of carbonyl (C=O) groups excluding carboxylic acids is 1. The van der Waals surface area contributed by atoms with Gasteiger partial charge >= 0.3 is 0 Å². The van der Waals surface area contributed by atoms with E-state index in [1.807, 2.05) is 31.2 Å². The molecule has 0 spiro atoms. The number of methoxy groups -OCH3 is 1. The van der Waals surface area contributed by atoms with Gasteiger partial charge in [-0.2, -0.15) is 5.26 Å². The molecule has 124 valence electrons. The number of benzene rings is 1. The molecule has 1 aromatic carbocycles. The first-order valence-electron chi connectivity index (χ1n) is 8.02. The summed E-state index contributed by atoms with van der Waals surface area (Å²) < 4.78 is 10.6. The molecule has 3 unspecified atom stereocenters. The lowest BCUT2D eigenvalue weighted by Gasteiger charge is -2.19. The average Bonchev–Trinajstić information content (AvgIpc) is 3.07. The minimum absolute atomic E-state index is 0.0779. The van der Waals surface area contributed by atoms with Gasteiger partial charge in [0.1, 0.15) is 11.8 Å². The summed E-state index contributed by atoms with van der Waals surface area (Å²) in [6, 6.07) is 9.57. The zero-order chi connectivity index (χ0) is 16.7. The Bertz CT molecular complexity index is 562. The third kappa shape index (κ3) is 4.97. The van der Waals surface area contributed by atoms with Crippen LogP contribution in [-0.4, -0.2) is 32.3 Å². The molecule has 1 aromatic rings. The first-order chi connectivity index (χ1) is 11.1. The molecule has 0 radical (unpaired) electrons. The van der Waals surface area contributed by atoms with Gasteiger partial charge in [-0.15, -0.1) is 0 Å². The summed E-state index contributed by atoms with van der Waals surface area (Å²) in [6.07, 6.45) is 1.99. The number of nitriles is 1. The van der Waals surface area contributed by atoms with Gasteiger partial charge in [0, 0.05) is 18.9 Å². The highest BCUT2D eigenvalue weighted by Gasteiger charge is 2.27. The molecule has 1 amide bonds. The SMILES string of the molecule is COc1ccccc1CC(C)CC(=O)NC(C#N)C1CCOC1. The van der Waals surface area contributed by atoms with Gasteiger partial charge in [-0.3, -0.25) is 4.79 Å². The summed E-state index contributed by atoms with van der Waals surface area (Å²) >= 11 is 0. The maximum absolute atomic E-state index is 12.2. The molecular weight excluding hydrogens is 292 g/mol. The Kier molecular flexibility index (Phi) is 6.42. The van der Waals surface area contributed by atoms with Crippen LogP contribution in [0, 0.1) is 23.2 Å². The van der Waals surface area contributed by atoms with Crippen LogP contribution in [0.15, 0.2) is 24.3 Å². The van der Waals surface area contributed by atoms with E-state index in [0.717, 1.165) is 24.2 Å². The van der Waals surface area contributed by atoms with Crippen molar-refractivity contribution in [2.24, 2.45) is 11.8 Å².